The Hall–Kier alpha value is -0.120. The molecule has 0 aromatic rings. The third kappa shape index (κ3) is 1.07. The minimum atomic E-state index is -0.177. The molecule has 0 radical (unpaired) electrons. The van der Waals surface area contributed by atoms with E-state index in [4.69, 9.17) is 9.47 Å². The fourth-order valence-electron chi connectivity index (χ4n) is 3.18. The Balaban J connectivity index is 1.90. The van der Waals surface area contributed by atoms with Gasteiger partial charge in [0, 0.05) is 24.9 Å². The maximum atomic E-state index is 5.89. The van der Waals surface area contributed by atoms with Gasteiger partial charge < -0.3 is 14.8 Å². The van der Waals surface area contributed by atoms with Crippen LogP contribution in [0, 0.1) is 11.8 Å². The highest BCUT2D eigenvalue weighted by molar-refractivity contribution is 4.98. The van der Waals surface area contributed by atoms with Gasteiger partial charge >= 0.3 is 0 Å². The van der Waals surface area contributed by atoms with Gasteiger partial charge in [0.15, 0.2) is 5.79 Å². The van der Waals surface area contributed by atoms with Crippen LogP contribution in [0.15, 0.2) is 0 Å². The van der Waals surface area contributed by atoms with Crippen LogP contribution in [0.1, 0.15) is 19.3 Å². The van der Waals surface area contributed by atoms with Gasteiger partial charge in [-0.2, -0.15) is 0 Å². The van der Waals surface area contributed by atoms with Crippen LogP contribution in [0.5, 0.6) is 0 Å². The van der Waals surface area contributed by atoms with Crippen molar-refractivity contribution in [1.82, 2.24) is 5.32 Å². The van der Waals surface area contributed by atoms with Gasteiger partial charge in [-0.15, -0.1) is 0 Å². The quantitative estimate of drug-likeness (QED) is 0.601. The molecule has 1 spiro atoms. The molecule has 74 valence electrons. The second-order valence-corrected chi connectivity index (χ2v) is 4.40. The normalized spacial score (nSPS) is 42.5. The van der Waals surface area contributed by atoms with Crippen molar-refractivity contribution in [2.24, 2.45) is 11.8 Å². The number of nitrogens with one attached hydrogen (secondary N) is 1. The van der Waals surface area contributed by atoms with E-state index in [1.807, 2.05) is 0 Å². The van der Waals surface area contributed by atoms with E-state index in [-0.39, 0.29) is 5.79 Å². The summed E-state index contributed by atoms with van der Waals surface area (Å²) in [6.07, 6.45) is 3.89. The first kappa shape index (κ1) is 8.21. The molecule has 2 heterocycles. The van der Waals surface area contributed by atoms with Crippen LogP contribution >= 0.6 is 0 Å². The molecule has 2 aliphatic heterocycles. The van der Waals surface area contributed by atoms with E-state index in [9.17, 15) is 0 Å². The van der Waals surface area contributed by atoms with E-state index in [0.717, 1.165) is 26.3 Å². The molecule has 0 amide bonds. The van der Waals surface area contributed by atoms with Crippen molar-refractivity contribution in [3.8, 4) is 0 Å². The van der Waals surface area contributed by atoms with E-state index in [2.05, 4.69) is 5.32 Å². The summed E-state index contributed by atoms with van der Waals surface area (Å²) in [5, 5.41) is 3.48. The second kappa shape index (κ2) is 2.94. The summed E-state index contributed by atoms with van der Waals surface area (Å²) in [6.45, 7) is 3.76. The first-order chi connectivity index (χ1) is 6.42. The van der Waals surface area contributed by atoms with Crippen LogP contribution < -0.4 is 5.32 Å². The van der Waals surface area contributed by atoms with Crippen LogP contribution in [-0.2, 0) is 9.47 Å². The number of piperidine rings is 1. The second-order valence-electron chi connectivity index (χ2n) is 4.40. The molecule has 3 rings (SSSR count). The predicted molar refractivity (Wildman–Crippen MR) is 48.3 cm³/mol. The number of hydrogen-bond acceptors (Lipinski definition) is 3. The predicted octanol–water partition coefficient (Wildman–Crippen LogP) is 0.749. The molecule has 0 aromatic carbocycles. The van der Waals surface area contributed by atoms with Crippen LogP contribution in [0.2, 0.25) is 0 Å². The average molecular weight is 183 g/mol. The molecule has 3 nitrogen and oxygen atoms in total. The van der Waals surface area contributed by atoms with Gasteiger partial charge in [-0.1, -0.05) is 6.42 Å². The van der Waals surface area contributed by atoms with Gasteiger partial charge in [0.1, 0.15) is 0 Å². The molecular weight excluding hydrogens is 166 g/mol. The van der Waals surface area contributed by atoms with Crippen molar-refractivity contribution < 1.29 is 9.47 Å². The van der Waals surface area contributed by atoms with Gasteiger partial charge in [0.25, 0.3) is 0 Å². The zero-order valence-corrected chi connectivity index (χ0v) is 7.92. The fourth-order valence-corrected chi connectivity index (χ4v) is 3.18. The molecule has 3 aliphatic rings. The van der Waals surface area contributed by atoms with Crippen molar-refractivity contribution in [3.63, 3.8) is 0 Å². The third-order valence-electron chi connectivity index (χ3n) is 3.76. The summed E-state index contributed by atoms with van der Waals surface area (Å²) in [5.41, 5.74) is 0. The summed E-state index contributed by atoms with van der Waals surface area (Å²) in [7, 11) is 0. The molecule has 2 saturated heterocycles. The zero-order chi connectivity index (χ0) is 8.73. The number of rotatable bonds is 0. The third-order valence-corrected chi connectivity index (χ3v) is 3.76. The lowest BCUT2D eigenvalue weighted by atomic mass is 9.73. The molecule has 1 N–H and O–H groups in total. The highest BCUT2D eigenvalue weighted by Gasteiger charge is 2.53. The molecule has 1 saturated carbocycles. The summed E-state index contributed by atoms with van der Waals surface area (Å²) >= 11 is 0. The first-order valence-corrected chi connectivity index (χ1v) is 5.40. The van der Waals surface area contributed by atoms with Crippen LogP contribution in [-0.4, -0.2) is 32.1 Å². The molecule has 3 fully saturated rings. The summed E-state index contributed by atoms with van der Waals surface area (Å²) in [5.74, 6) is 1.02. The molecule has 1 aliphatic carbocycles. The van der Waals surface area contributed by atoms with Crippen molar-refractivity contribution >= 4 is 0 Å². The summed E-state index contributed by atoms with van der Waals surface area (Å²) in [6, 6.07) is 0. The Morgan fingerprint density at radius 1 is 1.00 bits per heavy atom. The maximum absolute atomic E-state index is 5.89. The zero-order valence-electron chi connectivity index (χ0n) is 7.92. The van der Waals surface area contributed by atoms with Crippen LogP contribution in [0.25, 0.3) is 0 Å². The number of ether oxygens (including phenoxy) is 2. The van der Waals surface area contributed by atoms with E-state index in [1.165, 1.54) is 19.3 Å². The van der Waals surface area contributed by atoms with Gasteiger partial charge in [0.05, 0.1) is 13.2 Å². The SMILES string of the molecule is C1C[C@@H]2CNC[C@H](C1)C21OCCO1. The highest BCUT2D eigenvalue weighted by atomic mass is 16.7. The first-order valence-electron chi connectivity index (χ1n) is 5.40. The average Bonchev–Trinajstić information content (AvgIpc) is 2.53. The minimum absolute atomic E-state index is 0.177. The standard InChI is InChI=1S/C10H17NO2/c1-2-8-6-11-7-9(3-1)10(8)12-4-5-13-10/h8-9,11H,1-7H2/t8-,9+. The van der Waals surface area contributed by atoms with Crippen LogP contribution in [0.4, 0.5) is 0 Å². The lowest BCUT2D eigenvalue weighted by Crippen LogP contribution is -2.59. The summed E-state index contributed by atoms with van der Waals surface area (Å²) in [4.78, 5) is 0. The Labute approximate surface area is 78.8 Å². The molecule has 0 aromatic heterocycles. The van der Waals surface area contributed by atoms with E-state index in [1.54, 1.807) is 0 Å². The van der Waals surface area contributed by atoms with Gasteiger partial charge in [-0.3, -0.25) is 0 Å². The van der Waals surface area contributed by atoms with E-state index >= 15 is 0 Å². The summed E-state index contributed by atoms with van der Waals surface area (Å²) < 4.78 is 11.8. The molecule has 13 heavy (non-hydrogen) atoms. The monoisotopic (exact) mass is 183 g/mol. The fraction of sp³-hybridized carbons (Fsp3) is 1.00. The topological polar surface area (TPSA) is 30.5 Å². The number of hydrogen-bond donors (Lipinski definition) is 1. The van der Waals surface area contributed by atoms with Crippen molar-refractivity contribution in [3.05, 3.63) is 0 Å². The van der Waals surface area contributed by atoms with E-state index < -0.39 is 0 Å². The minimum Gasteiger partial charge on any atom is -0.347 e. The van der Waals surface area contributed by atoms with Gasteiger partial charge in [0.2, 0.25) is 0 Å². The van der Waals surface area contributed by atoms with Crippen LogP contribution in [0.3, 0.4) is 0 Å². The van der Waals surface area contributed by atoms with Gasteiger partial charge in [-0.25, -0.2) is 0 Å². The maximum Gasteiger partial charge on any atom is 0.176 e. The Morgan fingerprint density at radius 2 is 1.62 bits per heavy atom. The lowest BCUT2D eigenvalue weighted by molar-refractivity contribution is -0.253. The smallest absolute Gasteiger partial charge is 0.176 e. The highest BCUT2D eigenvalue weighted by Crippen LogP contribution is 2.45. The Bertz CT molecular complexity index is 177. The Kier molecular flexibility index (Phi) is 1.86. The molecule has 2 atom stereocenters. The molecule has 2 bridgehead atoms. The molecule has 0 unspecified atom stereocenters. The lowest BCUT2D eigenvalue weighted by Gasteiger charge is -2.49. The largest absolute Gasteiger partial charge is 0.347 e. The van der Waals surface area contributed by atoms with Crippen molar-refractivity contribution in [2.75, 3.05) is 26.3 Å². The Morgan fingerprint density at radius 3 is 2.23 bits per heavy atom. The van der Waals surface area contributed by atoms with Crippen molar-refractivity contribution in [2.45, 2.75) is 25.0 Å². The van der Waals surface area contributed by atoms with Gasteiger partial charge in [-0.05, 0) is 12.8 Å². The molecule has 3 heteroatoms. The van der Waals surface area contributed by atoms with E-state index in [0.29, 0.717) is 11.8 Å². The molecular formula is C10H17NO2. The van der Waals surface area contributed by atoms with Crippen molar-refractivity contribution in [1.29, 1.82) is 0 Å².